The summed E-state index contributed by atoms with van der Waals surface area (Å²) in [5, 5.41) is 0. The maximum Gasteiger partial charge on any atom is 0.146 e. The van der Waals surface area contributed by atoms with Gasteiger partial charge in [-0.2, -0.15) is 0 Å². The molecule has 0 N–H and O–H groups in total. The molecule has 0 atom stereocenters. The Morgan fingerprint density at radius 1 is 1.33 bits per heavy atom. The summed E-state index contributed by atoms with van der Waals surface area (Å²) in [6, 6.07) is 0. The van der Waals surface area contributed by atoms with Crippen molar-refractivity contribution < 1.29 is 14.4 Å². The molecular weight excluding hydrogens is 156 g/mol. The Kier molecular flexibility index (Phi) is 2.40. The van der Waals surface area contributed by atoms with Crippen molar-refractivity contribution in [2.75, 3.05) is 0 Å². The fourth-order valence-electron chi connectivity index (χ4n) is 1.51. The highest BCUT2D eigenvalue weighted by Gasteiger charge is 2.41. The smallest absolute Gasteiger partial charge is 0.146 e. The molecule has 1 fully saturated rings. The van der Waals surface area contributed by atoms with Crippen molar-refractivity contribution in [3.8, 4) is 0 Å². The van der Waals surface area contributed by atoms with Gasteiger partial charge in [-0.3, -0.25) is 9.59 Å². The van der Waals surface area contributed by atoms with Crippen molar-refractivity contribution >= 4 is 17.9 Å². The summed E-state index contributed by atoms with van der Waals surface area (Å²) in [4.78, 5) is 32.9. The maximum absolute atomic E-state index is 11.3. The van der Waals surface area contributed by atoms with E-state index in [0.717, 1.165) is 0 Å². The summed E-state index contributed by atoms with van der Waals surface area (Å²) in [5.74, 6) is -0.156. The highest BCUT2D eigenvalue weighted by molar-refractivity contribution is 6.09. The molecule has 0 spiro atoms. The Labute approximate surface area is 71.1 Å². The standard InChI is InChI=1S/C9H12O3/c1-9(5-6-10)7(11)3-2-4-8(9)12/h6H,2-5H2,1H3. The van der Waals surface area contributed by atoms with Crippen LogP contribution in [0.3, 0.4) is 0 Å². The summed E-state index contributed by atoms with van der Waals surface area (Å²) in [6.07, 6.45) is 2.23. The van der Waals surface area contributed by atoms with Crippen molar-refractivity contribution in [2.45, 2.75) is 32.6 Å². The van der Waals surface area contributed by atoms with Crippen LogP contribution >= 0.6 is 0 Å². The Balaban J connectivity index is 2.87. The Morgan fingerprint density at radius 2 is 1.83 bits per heavy atom. The third-order valence-corrected chi connectivity index (χ3v) is 2.53. The quantitative estimate of drug-likeness (QED) is 0.454. The lowest BCUT2D eigenvalue weighted by molar-refractivity contribution is -0.144. The third kappa shape index (κ3) is 1.31. The largest absolute Gasteiger partial charge is 0.303 e. The van der Waals surface area contributed by atoms with E-state index in [0.29, 0.717) is 25.5 Å². The Bertz CT molecular complexity index is 214. The first-order valence-corrected chi connectivity index (χ1v) is 4.11. The number of carbonyl (C=O) groups excluding carboxylic acids is 3. The average Bonchev–Trinajstić information content (AvgIpc) is 2.02. The lowest BCUT2D eigenvalue weighted by atomic mass is 9.72. The number of aldehydes is 1. The minimum atomic E-state index is -1.00. The zero-order valence-electron chi connectivity index (χ0n) is 7.13. The summed E-state index contributed by atoms with van der Waals surface area (Å²) >= 11 is 0. The molecule has 66 valence electrons. The SMILES string of the molecule is CC1(CC=O)C(=O)CCCC1=O. The molecule has 0 aromatic heterocycles. The molecule has 0 aromatic carbocycles. The lowest BCUT2D eigenvalue weighted by Gasteiger charge is -2.28. The molecule has 1 aliphatic rings. The molecule has 1 saturated carbocycles. The van der Waals surface area contributed by atoms with Crippen LogP contribution in [-0.4, -0.2) is 17.9 Å². The molecule has 0 aromatic rings. The van der Waals surface area contributed by atoms with Crippen molar-refractivity contribution in [3.05, 3.63) is 0 Å². The normalized spacial score (nSPS) is 22.4. The van der Waals surface area contributed by atoms with E-state index in [2.05, 4.69) is 0 Å². The molecule has 0 aliphatic heterocycles. The van der Waals surface area contributed by atoms with Gasteiger partial charge in [0.1, 0.15) is 17.9 Å². The van der Waals surface area contributed by atoms with Gasteiger partial charge in [-0.05, 0) is 13.3 Å². The fraction of sp³-hybridized carbons (Fsp3) is 0.667. The molecular formula is C9H12O3. The highest BCUT2D eigenvalue weighted by Crippen LogP contribution is 2.31. The van der Waals surface area contributed by atoms with Crippen LogP contribution < -0.4 is 0 Å². The second-order valence-electron chi connectivity index (χ2n) is 3.40. The summed E-state index contributed by atoms with van der Waals surface area (Å²) < 4.78 is 0. The van der Waals surface area contributed by atoms with E-state index in [9.17, 15) is 14.4 Å². The topological polar surface area (TPSA) is 51.2 Å². The predicted octanol–water partition coefficient (Wildman–Crippen LogP) is 0.904. The second-order valence-corrected chi connectivity index (χ2v) is 3.40. The minimum Gasteiger partial charge on any atom is -0.303 e. The van der Waals surface area contributed by atoms with Crippen molar-refractivity contribution in [1.29, 1.82) is 0 Å². The van der Waals surface area contributed by atoms with Crippen LogP contribution in [-0.2, 0) is 14.4 Å². The number of Topliss-reactive ketones (excluding diaryl/α,β-unsaturated/α-hetero) is 2. The number of rotatable bonds is 2. The van der Waals surface area contributed by atoms with E-state index >= 15 is 0 Å². The molecule has 3 nitrogen and oxygen atoms in total. The lowest BCUT2D eigenvalue weighted by Crippen LogP contribution is -2.40. The Hall–Kier alpha value is -0.990. The molecule has 0 bridgehead atoms. The molecule has 1 aliphatic carbocycles. The van der Waals surface area contributed by atoms with Crippen LogP contribution in [0, 0.1) is 5.41 Å². The van der Waals surface area contributed by atoms with E-state index in [4.69, 9.17) is 0 Å². The van der Waals surface area contributed by atoms with Crippen LogP contribution in [0.1, 0.15) is 32.6 Å². The molecule has 0 radical (unpaired) electrons. The molecule has 1 rings (SSSR count). The first kappa shape index (κ1) is 9.10. The number of hydrogen-bond donors (Lipinski definition) is 0. The monoisotopic (exact) mass is 168 g/mol. The van der Waals surface area contributed by atoms with Crippen LogP contribution in [0.25, 0.3) is 0 Å². The van der Waals surface area contributed by atoms with Gasteiger partial charge in [0.05, 0.1) is 5.41 Å². The molecule has 0 heterocycles. The average molecular weight is 168 g/mol. The molecule has 3 heteroatoms. The molecule has 0 unspecified atom stereocenters. The zero-order chi connectivity index (χ0) is 9.19. The van der Waals surface area contributed by atoms with Crippen molar-refractivity contribution in [1.82, 2.24) is 0 Å². The molecule has 12 heavy (non-hydrogen) atoms. The summed E-state index contributed by atoms with van der Waals surface area (Å²) in [5.41, 5.74) is -1.00. The fourth-order valence-corrected chi connectivity index (χ4v) is 1.51. The van der Waals surface area contributed by atoms with Gasteiger partial charge in [0.15, 0.2) is 0 Å². The van der Waals surface area contributed by atoms with Gasteiger partial charge in [-0.1, -0.05) is 0 Å². The van der Waals surface area contributed by atoms with Crippen LogP contribution in [0.4, 0.5) is 0 Å². The highest BCUT2D eigenvalue weighted by atomic mass is 16.2. The maximum atomic E-state index is 11.3. The summed E-state index contributed by atoms with van der Waals surface area (Å²) in [7, 11) is 0. The van der Waals surface area contributed by atoms with Crippen LogP contribution in [0.5, 0.6) is 0 Å². The molecule has 0 saturated heterocycles. The minimum absolute atomic E-state index is 0.0463. The Morgan fingerprint density at radius 3 is 2.25 bits per heavy atom. The predicted molar refractivity (Wildman–Crippen MR) is 42.7 cm³/mol. The van der Waals surface area contributed by atoms with Gasteiger partial charge < -0.3 is 4.79 Å². The van der Waals surface area contributed by atoms with E-state index in [1.165, 1.54) is 0 Å². The van der Waals surface area contributed by atoms with E-state index in [-0.39, 0.29) is 18.0 Å². The second kappa shape index (κ2) is 3.17. The van der Waals surface area contributed by atoms with Gasteiger partial charge in [0, 0.05) is 19.3 Å². The van der Waals surface area contributed by atoms with Gasteiger partial charge in [0.25, 0.3) is 0 Å². The first-order chi connectivity index (χ1) is 5.61. The van der Waals surface area contributed by atoms with Gasteiger partial charge in [0.2, 0.25) is 0 Å². The van der Waals surface area contributed by atoms with Crippen molar-refractivity contribution in [3.63, 3.8) is 0 Å². The first-order valence-electron chi connectivity index (χ1n) is 4.11. The van der Waals surface area contributed by atoms with E-state index in [1.54, 1.807) is 6.92 Å². The van der Waals surface area contributed by atoms with E-state index < -0.39 is 5.41 Å². The van der Waals surface area contributed by atoms with Gasteiger partial charge >= 0.3 is 0 Å². The molecule has 0 amide bonds. The van der Waals surface area contributed by atoms with Crippen LogP contribution in [0.2, 0.25) is 0 Å². The van der Waals surface area contributed by atoms with Crippen LogP contribution in [0.15, 0.2) is 0 Å². The summed E-state index contributed by atoms with van der Waals surface area (Å²) in [6.45, 7) is 1.57. The third-order valence-electron chi connectivity index (χ3n) is 2.53. The zero-order valence-corrected chi connectivity index (χ0v) is 7.13. The van der Waals surface area contributed by atoms with Gasteiger partial charge in [-0.25, -0.2) is 0 Å². The van der Waals surface area contributed by atoms with Gasteiger partial charge in [-0.15, -0.1) is 0 Å². The number of carbonyl (C=O) groups is 3. The van der Waals surface area contributed by atoms with Crippen molar-refractivity contribution in [2.24, 2.45) is 5.41 Å². The van der Waals surface area contributed by atoms with E-state index in [1.807, 2.05) is 0 Å². The number of hydrogen-bond acceptors (Lipinski definition) is 3. The number of ketones is 2.